The molecular weight excluding hydrogens is 344 g/mol. The molecule has 1 aliphatic rings. The van der Waals surface area contributed by atoms with Crippen molar-refractivity contribution in [1.82, 2.24) is 5.32 Å². The maximum absolute atomic E-state index is 13.3. The number of hydrogen-bond acceptors (Lipinski definition) is 4. The van der Waals surface area contributed by atoms with Gasteiger partial charge in [-0.3, -0.25) is 4.79 Å². The van der Waals surface area contributed by atoms with Crippen molar-refractivity contribution in [2.24, 2.45) is 0 Å². The van der Waals surface area contributed by atoms with Gasteiger partial charge in [0.1, 0.15) is 5.75 Å². The van der Waals surface area contributed by atoms with E-state index in [1.807, 2.05) is 26.0 Å². The number of carbonyl (C=O) groups excluding carboxylic acids is 1. The first-order chi connectivity index (χ1) is 12.3. The summed E-state index contributed by atoms with van der Waals surface area (Å²) in [5.41, 5.74) is 0.124. The summed E-state index contributed by atoms with van der Waals surface area (Å²) < 4.78 is 42.3. The van der Waals surface area contributed by atoms with Gasteiger partial charge in [-0.1, -0.05) is 6.07 Å². The molecule has 138 valence electrons. The molecule has 1 amide bonds. The number of rotatable bonds is 5. The van der Waals surface area contributed by atoms with E-state index in [0.29, 0.717) is 11.5 Å². The Morgan fingerprint density at radius 1 is 1.12 bits per heavy atom. The Bertz CT molecular complexity index is 838. The van der Waals surface area contributed by atoms with Crippen molar-refractivity contribution in [3.63, 3.8) is 0 Å². The molecule has 1 unspecified atom stereocenters. The first kappa shape index (κ1) is 18.0. The zero-order valence-electron chi connectivity index (χ0n) is 14.6. The van der Waals surface area contributed by atoms with Gasteiger partial charge in [0.2, 0.25) is 6.79 Å². The van der Waals surface area contributed by atoms with Crippen molar-refractivity contribution in [3.8, 4) is 17.2 Å². The van der Waals surface area contributed by atoms with Gasteiger partial charge in [-0.15, -0.1) is 0 Å². The molecule has 0 aromatic heterocycles. The summed E-state index contributed by atoms with van der Waals surface area (Å²) >= 11 is 0. The van der Waals surface area contributed by atoms with Crippen LogP contribution in [0.2, 0.25) is 0 Å². The number of fused-ring (bicyclic) bond motifs is 1. The van der Waals surface area contributed by atoms with Gasteiger partial charge in [0.25, 0.3) is 5.91 Å². The van der Waals surface area contributed by atoms with Crippen LogP contribution in [0, 0.1) is 11.6 Å². The third-order valence-electron chi connectivity index (χ3n) is 4.10. The van der Waals surface area contributed by atoms with Gasteiger partial charge in [-0.25, -0.2) is 8.78 Å². The predicted octanol–water partition coefficient (Wildman–Crippen LogP) is 3.51. The first-order valence-corrected chi connectivity index (χ1v) is 8.10. The molecule has 3 rings (SSSR count). The van der Waals surface area contributed by atoms with Crippen LogP contribution in [0.15, 0.2) is 36.4 Å². The van der Waals surface area contributed by atoms with Gasteiger partial charge < -0.3 is 19.5 Å². The van der Waals surface area contributed by atoms with Crippen LogP contribution in [-0.2, 0) is 10.3 Å². The fourth-order valence-corrected chi connectivity index (χ4v) is 2.57. The smallest absolute Gasteiger partial charge is 0.261 e. The fraction of sp³-hybridized carbons (Fsp3) is 0.316. The van der Waals surface area contributed by atoms with Crippen molar-refractivity contribution in [2.45, 2.75) is 32.4 Å². The number of benzene rings is 2. The Labute approximate surface area is 149 Å². The molecule has 1 heterocycles. The van der Waals surface area contributed by atoms with E-state index in [2.05, 4.69) is 5.32 Å². The average molecular weight is 363 g/mol. The number of halogens is 2. The SMILES string of the molecule is CC(Oc1ccc(F)c(F)c1)C(=O)NC(C)(C)c1ccc2c(c1)OCO2. The molecule has 5 nitrogen and oxygen atoms in total. The highest BCUT2D eigenvalue weighted by Crippen LogP contribution is 2.35. The van der Waals surface area contributed by atoms with Crippen LogP contribution in [0.4, 0.5) is 8.78 Å². The average Bonchev–Trinajstić information content (AvgIpc) is 3.05. The number of ether oxygens (including phenoxy) is 3. The zero-order chi connectivity index (χ0) is 18.9. The largest absolute Gasteiger partial charge is 0.481 e. The minimum absolute atomic E-state index is 0.0763. The molecule has 0 bridgehead atoms. The van der Waals surface area contributed by atoms with Gasteiger partial charge >= 0.3 is 0 Å². The summed E-state index contributed by atoms with van der Waals surface area (Å²) in [6, 6.07) is 8.56. The van der Waals surface area contributed by atoms with E-state index in [0.717, 1.165) is 17.7 Å². The second kappa shape index (κ2) is 6.82. The molecule has 0 spiro atoms. The van der Waals surface area contributed by atoms with E-state index in [1.165, 1.54) is 13.0 Å². The summed E-state index contributed by atoms with van der Waals surface area (Å²) in [6.45, 7) is 5.39. The minimum atomic E-state index is -1.03. The first-order valence-electron chi connectivity index (χ1n) is 8.10. The number of nitrogens with one attached hydrogen (secondary N) is 1. The van der Waals surface area contributed by atoms with E-state index in [-0.39, 0.29) is 12.5 Å². The molecule has 2 aromatic rings. The Morgan fingerprint density at radius 3 is 2.58 bits per heavy atom. The van der Waals surface area contributed by atoms with E-state index < -0.39 is 29.2 Å². The Morgan fingerprint density at radius 2 is 1.85 bits per heavy atom. The summed E-state index contributed by atoms with van der Waals surface area (Å²) in [6.07, 6.45) is -0.895. The highest BCUT2D eigenvalue weighted by molar-refractivity contribution is 5.81. The summed E-state index contributed by atoms with van der Waals surface area (Å²) in [5, 5.41) is 2.88. The van der Waals surface area contributed by atoms with Gasteiger partial charge in [0.15, 0.2) is 29.2 Å². The Hall–Kier alpha value is -2.83. The van der Waals surface area contributed by atoms with Crippen LogP contribution < -0.4 is 19.5 Å². The van der Waals surface area contributed by atoms with Crippen LogP contribution in [0.1, 0.15) is 26.3 Å². The number of amides is 1. The lowest BCUT2D eigenvalue weighted by Crippen LogP contribution is -2.46. The molecule has 0 fully saturated rings. The molecule has 1 aliphatic heterocycles. The molecular formula is C19H19F2NO4. The lowest BCUT2D eigenvalue weighted by atomic mass is 9.93. The zero-order valence-corrected chi connectivity index (χ0v) is 14.6. The maximum Gasteiger partial charge on any atom is 0.261 e. The van der Waals surface area contributed by atoms with Crippen molar-refractivity contribution >= 4 is 5.91 Å². The summed E-state index contributed by atoms with van der Waals surface area (Å²) in [4.78, 5) is 12.5. The molecule has 1 N–H and O–H groups in total. The summed E-state index contributed by atoms with van der Waals surface area (Å²) in [5.74, 6) is -1.04. The topological polar surface area (TPSA) is 56.8 Å². The van der Waals surface area contributed by atoms with Crippen molar-refractivity contribution in [1.29, 1.82) is 0 Å². The molecule has 2 aromatic carbocycles. The molecule has 0 saturated carbocycles. The van der Waals surface area contributed by atoms with Crippen molar-refractivity contribution in [2.75, 3.05) is 6.79 Å². The normalized spacial score (nSPS) is 14.0. The Balaban J connectivity index is 1.68. The molecule has 1 atom stereocenters. The highest BCUT2D eigenvalue weighted by atomic mass is 19.2. The van der Waals surface area contributed by atoms with Crippen LogP contribution in [0.3, 0.4) is 0 Å². The van der Waals surface area contributed by atoms with Crippen LogP contribution >= 0.6 is 0 Å². The number of hydrogen-bond donors (Lipinski definition) is 1. The predicted molar refractivity (Wildman–Crippen MR) is 90.2 cm³/mol. The van der Waals surface area contributed by atoms with Crippen LogP contribution in [0.5, 0.6) is 17.2 Å². The third kappa shape index (κ3) is 3.71. The molecule has 0 radical (unpaired) electrons. The molecule has 0 aliphatic carbocycles. The van der Waals surface area contributed by atoms with Gasteiger partial charge in [-0.2, -0.15) is 0 Å². The van der Waals surface area contributed by atoms with Gasteiger partial charge in [0.05, 0.1) is 5.54 Å². The van der Waals surface area contributed by atoms with E-state index in [9.17, 15) is 13.6 Å². The molecule has 0 saturated heterocycles. The highest BCUT2D eigenvalue weighted by Gasteiger charge is 2.28. The quantitative estimate of drug-likeness (QED) is 0.883. The lowest BCUT2D eigenvalue weighted by molar-refractivity contribution is -0.129. The van der Waals surface area contributed by atoms with E-state index >= 15 is 0 Å². The summed E-state index contributed by atoms with van der Waals surface area (Å²) in [7, 11) is 0. The second-order valence-electron chi connectivity index (χ2n) is 6.52. The monoisotopic (exact) mass is 363 g/mol. The molecule has 26 heavy (non-hydrogen) atoms. The van der Waals surface area contributed by atoms with Crippen molar-refractivity contribution in [3.05, 3.63) is 53.6 Å². The second-order valence-corrected chi connectivity index (χ2v) is 6.52. The standard InChI is InChI=1S/C19H19F2NO4/c1-11(26-13-5-6-14(20)15(21)9-13)18(23)22-19(2,3)12-4-7-16-17(8-12)25-10-24-16/h4-9,11H,10H2,1-3H3,(H,22,23). The van der Waals surface area contributed by atoms with Crippen LogP contribution in [0.25, 0.3) is 0 Å². The lowest BCUT2D eigenvalue weighted by Gasteiger charge is -2.28. The molecule has 7 heteroatoms. The fourth-order valence-electron chi connectivity index (χ4n) is 2.57. The van der Waals surface area contributed by atoms with Gasteiger partial charge in [-0.05, 0) is 50.6 Å². The Kier molecular flexibility index (Phi) is 4.71. The number of carbonyl (C=O) groups is 1. The van der Waals surface area contributed by atoms with Crippen LogP contribution in [-0.4, -0.2) is 18.8 Å². The minimum Gasteiger partial charge on any atom is -0.481 e. The van der Waals surface area contributed by atoms with E-state index in [1.54, 1.807) is 6.07 Å². The van der Waals surface area contributed by atoms with Crippen molar-refractivity contribution < 1.29 is 27.8 Å². The van der Waals surface area contributed by atoms with Gasteiger partial charge in [0, 0.05) is 6.07 Å². The maximum atomic E-state index is 13.3. The third-order valence-corrected chi connectivity index (χ3v) is 4.10. The van der Waals surface area contributed by atoms with E-state index in [4.69, 9.17) is 14.2 Å².